The zero-order valence-corrected chi connectivity index (χ0v) is 11.6. The average molecular weight is 288 g/mol. The van der Waals surface area contributed by atoms with Crippen molar-refractivity contribution in [3.8, 4) is 5.75 Å². The van der Waals surface area contributed by atoms with Gasteiger partial charge in [-0.3, -0.25) is 14.5 Å². The van der Waals surface area contributed by atoms with Crippen LogP contribution < -0.4 is 15.0 Å². The second kappa shape index (κ2) is 4.97. The molecule has 0 saturated heterocycles. The van der Waals surface area contributed by atoms with Gasteiger partial charge in [0.05, 0.1) is 23.4 Å². The van der Waals surface area contributed by atoms with Crippen LogP contribution in [0.5, 0.6) is 5.75 Å². The molecule has 2 heterocycles. The van der Waals surface area contributed by atoms with Crippen LogP contribution in [-0.4, -0.2) is 25.5 Å². The number of hydrogen-bond acceptors (Lipinski definition) is 4. The van der Waals surface area contributed by atoms with Crippen molar-refractivity contribution < 1.29 is 14.3 Å². The maximum atomic E-state index is 12.5. The van der Waals surface area contributed by atoms with Crippen molar-refractivity contribution in [2.45, 2.75) is 0 Å². The summed E-state index contributed by atoms with van der Waals surface area (Å²) in [5.41, 5.74) is 1.37. The van der Waals surface area contributed by atoms with Crippen LogP contribution in [0.15, 0.2) is 35.7 Å². The number of hydrogen-bond donors (Lipinski definition) is 1. The van der Waals surface area contributed by atoms with Gasteiger partial charge in [0.15, 0.2) is 0 Å². The molecular formula is C14H12N2O3S. The third kappa shape index (κ3) is 2.14. The summed E-state index contributed by atoms with van der Waals surface area (Å²) in [6.07, 6.45) is 0. The van der Waals surface area contributed by atoms with Gasteiger partial charge in [0.2, 0.25) is 5.91 Å². The maximum absolute atomic E-state index is 12.5. The Bertz CT molecular complexity index is 681. The Morgan fingerprint density at radius 1 is 1.40 bits per heavy atom. The van der Waals surface area contributed by atoms with Crippen molar-refractivity contribution in [1.82, 2.24) is 0 Å². The van der Waals surface area contributed by atoms with E-state index in [1.54, 1.807) is 24.6 Å². The summed E-state index contributed by atoms with van der Waals surface area (Å²) in [6, 6.07) is 8.94. The lowest BCUT2D eigenvalue weighted by Crippen LogP contribution is -2.41. The number of rotatable bonds is 2. The lowest BCUT2D eigenvalue weighted by atomic mass is 10.2. The number of fused-ring (bicyclic) bond motifs is 1. The number of methoxy groups -OCH3 is 1. The molecule has 6 heteroatoms. The summed E-state index contributed by atoms with van der Waals surface area (Å²) in [6.45, 7) is 0.0239. The molecule has 1 aromatic heterocycles. The largest absolute Gasteiger partial charge is 0.496 e. The van der Waals surface area contributed by atoms with Gasteiger partial charge in [-0.05, 0) is 12.1 Å². The van der Waals surface area contributed by atoms with Crippen LogP contribution in [0.1, 0.15) is 9.67 Å². The fourth-order valence-electron chi connectivity index (χ4n) is 2.09. The van der Waals surface area contributed by atoms with Crippen molar-refractivity contribution in [3.63, 3.8) is 0 Å². The van der Waals surface area contributed by atoms with E-state index in [0.717, 1.165) is 0 Å². The number of nitrogens with zero attached hydrogens (tertiary/aromatic N) is 1. The topological polar surface area (TPSA) is 58.6 Å². The zero-order chi connectivity index (χ0) is 14.1. The van der Waals surface area contributed by atoms with Gasteiger partial charge in [-0.1, -0.05) is 12.1 Å². The minimum Gasteiger partial charge on any atom is -0.496 e. The number of nitrogens with one attached hydrogen (secondary N) is 1. The summed E-state index contributed by atoms with van der Waals surface area (Å²) < 4.78 is 5.08. The highest BCUT2D eigenvalue weighted by Gasteiger charge is 2.28. The number of amides is 2. The number of carbonyl (C=O) groups excluding carboxylic acids is 2. The van der Waals surface area contributed by atoms with E-state index in [9.17, 15) is 9.59 Å². The third-order valence-corrected chi connectivity index (χ3v) is 3.93. The number of ether oxygens (including phenoxy) is 1. The summed E-state index contributed by atoms with van der Waals surface area (Å²) in [5.74, 6) is 0.259. The zero-order valence-electron chi connectivity index (χ0n) is 10.8. The first-order valence-electron chi connectivity index (χ1n) is 6.02. The van der Waals surface area contributed by atoms with Crippen molar-refractivity contribution >= 4 is 34.5 Å². The number of para-hydroxylation sites is 2. The second-order valence-electron chi connectivity index (χ2n) is 4.31. The predicted molar refractivity (Wildman–Crippen MR) is 77.6 cm³/mol. The SMILES string of the molecule is COc1csc(C(=O)N2CC(=O)Nc3ccccc32)c1. The molecule has 0 fully saturated rings. The number of thiophene rings is 1. The van der Waals surface area contributed by atoms with Crippen LogP contribution in [0.2, 0.25) is 0 Å². The Hall–Kier alpha value is -2.34. The second-order valence-corrected chi connectivity index (χ2v) is 5.22. The van der Waals surface area contributed by atoms with Gasteiger partial charge < -0.3 is 10.1 Å². The van der Waals surface area contributed by atoms with Gasteiger partial charge >= 0.3 is 0 Å². The summed E-state index contributed by atoms with van der Waals surface area (Å²) in [5, 5.41) is 4.53. The maximum Gasteiger partial charge on any atom is 0.269 e. The van der Waals surface area contributed by atoms with Gasteiger partial charge in [-0.2, -0.15) is 0 Å². The summed E-state index contributed by atoms with van der Waals surface area (Å²) in [7, 11) is 1.56. The molecule has 2 amide bonds. The highest BCUT2D eigenvalue weighted by atomic mass is 32.1. The minimum absolute atomic E-state index is 0.0239. The lowest BCUT2D eigenvalue weighted by Gasteiger charge is -2.28. The van der Waals surface area contributed by atoms with Gasteiger partial charge in [-0.25, -0.2) is 0 Å². The van der Waals surface area contributed by atoms with Crippen molar-refractivity contribution in [3.05, 3.63) is 40.6 Å². The smallest absolute Gasteiger partial charge is 0.269 e. The van der Waals surface area contributed by atoms with Crippen LogP contribution in [0, 0.1) is 0 Å². The molecule has 0 radical (unpaired) electrons. The molecule has 102 valence electrons. The van der Waals surface area contributed by atoms with E-state index in [1.165, 1.54) is 16.2 Å². The third-order valence-electron chi connectivity index (χ3n) is 3.04. The molecule has 3 rings (SSSR count). The number of anilines is 2. The highest BCUT2D eigenvalue weighted by Crippen LogP contribution is 2.31. The van der Waals surface area contributed by atoms with Crippen LogP contribution in [0.25, 0.3) is 0 Å². The van der Waals surface area contributed by atoms with Crippen LogP contribution in [0.4, 0.5) is 11.4 Å². The fraction of sp³-hybridized carbons (Fsp3) is 0.143. The van der Waals surface area contributed by atoms with E-state index in [4.69, 9.17) is 4.74 Å². The molecule has 1 aliphatic heterocycles. The standard InChI is InChI=1S/C14H12N2O3S/c1-19-9-6-12(20-8-9)14(18)16-7-13(17)15-10-4-2-3-5-11(10)16/h2-6,8H,7H2,1H3,(H,15,17). The van der Waals surface area contributed by atoms with Crippen LogP contribution >= 0.6 is 11.3 Å². The van der Waals surface area contributed by atoms with E-state index in [2.05, 4.69) is 5.32 Å². The van der Waals surface area contributed by atoms with E-state index in [1.807, 2.05) is 18.2 Å². The van der Waals surface area contributed by atoms with Crippen LogP contribution in [-0.2, 0) is 4.79 Å². The number of carbonyl (C=O) groups is 2. The molecule has 1 aliphatic rings. The van der Waals surface area contributed by atoms with E-state index in [0.29, 0.717) is 22.0 Å². The molecule has 1 N–H and O–H groups in total. The van der Waals surface area contributed by atoms with Crippen molar-refractivity contribution in [2.24, 2.45) is 0 Å². The van der Waals surface area contributed by atoms with E-state index < -0.39 is 0 Å². The Morgan fingerprint density at radius 2 is 2.20 bits per heavy atom. The fourth-order valence-corrected chi connectivity index (χ4v) is 2.89. The monoisotopic (exact) mass is 288 g/mol. The molecule has 0 bridgehead atoms. The molecule has 1 aromatic carbocycles. The van der Waals surface area contributed by atoms with Crippen molar-refractivity contribution in [2.75, 3.05) is 23.9 Å². The Morgan fingerprint density at radius 3 is 2.95 bits per heavy atom. The quantitative estimate of drug-likeness (QED) is 0.923. The van der Waals surface area contributed by atoms with Gasteiger partial charge in [0.25, 0.3) is 5.91 Å². The minimum atomic E-state index is -0.194. The van der Waals surface area contributed by atoms with Crippen molar-refractivity contribution in [1.29, 1.82) is 0 Å². The van der Waals surface area contributed by atoms with E-state index >= 15 is 0 Å². The molecule has 0 unspecified atom stereocenters. The summed E-state index contributed by atoms with van der Waals surface area (Å²) >= 11 is 1.30. The van der Waals surface area contributed by atoms with Gasteiger partial charge in [0.1, 0.15) is 12.3 Å². The first kappa shape index (κ1) is 12.7. The molecule has 0 atom stereocenters. The molecular weight excluding hydrogens is 276 g/mol. The molecule has 0 aliphatic carbocycles. The van der Waals surface area contributed by atoms with Crippen LogP contribution in [0.3, 0.4) is 0 Å². The van der Waals surface area contributed by atoms with Gasteiger partial charge in [-0.15, -0.1) is 11.3 Å². The molecule has 20 heavy (non-hydrogen) atoms. The van der Waals surface area contributed by atoms with E-state index in [-0.39, 0.29) is 18.4 Å². The molecule has 5 nitrogen and oxygen atoms in total. The Balaban J connectivity index is 1.97. The van der Waals surface area contributed by atoms with Gasteiger partial charge in [0, 0.05) is 11.4 Å². The normalized spacial score (nSPS) is 13.7. The highest BCUT2D eigenvalue weighted by molar-refractivity contribution is 7.12. The summed E-state index contributed by atoms with van der Waals surface area (Å²) in [4.78, 5) is 26.3. The predicted octanol–water partition coefficient (Wildman–Crippen LogP) is 2.36. The molecule has 0 spiro atoms. The lowest BCUT2D eigenvalue weighted by molar-refractivity contribution is -0.115. The average Bonchev–Trinajstić information content (AvgIpc) is 2.94. The molecule has 2 aromatic rings. The number of benzene rings is 1. The first-order valence-corrected chi connectivity index (χ1v) is 6.90. The first-order chi connectivity index (χ1) is 9.69. The Labute approximate surface area is 119 Å². The molecule has 0 saturated carbocycles. The Kier molecular flexibility index (Phi) is 3.15.